The van der Waals surface area contributed by atoms with Gasteiger partial charge >= 0.3 is 0 Å². The minimum atomic E-state index is -0.0321. The fraction of sp³-hybridized carbons (Fsp3) is 0.471. The van der Waals surface area contributed by atoms with Crippen molar-refractivity contribution in [3.63, 3.8) is 0 Å². The van der Waals surface area contributed by atoms with E-state index in [0.29, 0.717) is 11.6 Å². The Morgan fingerprint density at radius 3 is 2.90 bits per heavy atom. The Kier molecular flexibility index (Phi) is 3.00. The van der Waals surface area contributed by atoms with Crippen LogP contribution in [0.5, 0.6) is 0 Å². The molecule has 2 aromatic rings. The number of hydrogen-bond acceptors (Lipinski definition) is 2. The predicted molar refractivity (Wildman–Crippen MR) is 81.6 cm³/mol. The maximum atomic E-state index is 12.4. The van der Waals surface area contributed by atoms with E-state index in [9.17, 15) is 4.79 Å². The molecule has 21 heavy (non-hydrogen) atoms. The van der Waals surface area contributed by atoms with Crippen molar-refractivity contribution >= 4 is 16.8 Å². The van der Waals surface area contributed by atoms with Crippen LogP contribution in [-0.2, 0) is 4.74 Å². The monoisotopic (exact) mass is 284 g/mol. The Morgan fingerprint density at radius 2 is 2.19 bits per heavy atom. The Bertz CT molecular complexity index is 687. The molecule has 0 unspecified atom stereocenters. The van der Waals surface area contributed by atoms with Crippen molar-refractivity contribution in [2.45, 2.75) is 44.2 Å². The van der Waals surface area contributed by atoms with Gasteiger partial charge in [0.1, 0.15) is 5.69 Å². The molecular formula is C17H20N2O2. The second kappa shape index (κ2) is 4.88. The number of rotatable bonds is 3. The number of amides is 1. The van der Waals surface area contributed by atoms with Gasteiger partial charge in [0.15, 0.2) is 0 Å². The van der Waals surface area contributed by atoms with Gasteiger partial charge in [0.05, 0.1) is 12.1 Å². The van der Waals surface area contributed by atoms with Gasteiger partial charge in [0, 0.05) is 17.5 Å². The number of nitrogens with one attached hydrogen (secondary N) is 2. The van der Waals surface area contributed by atoms with E-state index in [0.717, 1.165) is 18.5 Å². The Labute approximate surface area is 123 Å². The lowest BCUT2D eigenvalue weighted by Crippen LogP contribution is -2.39. The van der Waals surface area contributed by atoms with Gasteiger partial charge < -0.3 is 15.0 Å². The molecule has 110 valence electrons. The van der Waals surface area contributed by atoms with Crippen molar-refractivity contribution in [3.05, 3.63) is 35.5 Å². The van der Waals surface area contributed by atoms with Crippen LogP contribution in [-0.4, -0.2) is 29.6 Å². The molecule has 1 aliphatic heterocycles. The molecule has 2 atom stereocenters. The molecule has 0 radical (unpaired) electrons. The number of aromatic nitrogens is 1. The van der Waals surface area contributed by atoms with E-state index in [1.165, 1.54) is 23.8 Å². The van der Waals surface area contributed by atoms with Gasteiger partial charge in [0.25, 0.3) is 5.91 Å². The predicted octanol–water partition coefficient (Wildman–Crippen LogP) is 2.95. The average Bonchev–Trinajstić information content (AvgIpc) is 3.10. The maximum Gasteiger partial charge on any atom is 0.268 e. The molecule has 4 heteroatoms. The SMILES string of the molecule is C[C@@H]1OCC[C@@H]1NC(=O)c1cc2c(C3CC3)cccc2[nH]1. The molecule has 2 fully saturated rings. The van der Waals surface area contributed by atoms with E-state index in [-0.39, 0.29) is 18.1 Å². The maximum absolute atomic E-state index is 12.4. The first kappa shape index (κ1) is 12.9. The standard InChI is InChI=1S/C17H20N2O2/c1-10-14(7-8-21-10)19-17(20)16-9-13-12(11-5-6-11)3-2-4-15(13)18-16/h2-4,9-11,14,18H,5-8H2,1H3,(H,19,20)/t10-,14-/m0/s1. The van der Waals surface area contributed by atoms with Gasteiger partial charge in [-0.3, -0.25) is 4.79 Å². The third-order valence-corrected chi connectivity index (χ3v) is 4.65. The lowest BCUT2D eigenvalue weighted by molar-refractivity contribution is 0.0862. The number of hydrogen-bond donors (Lipinski definition) is 2. The highest BCUT2D eigenvalue weighted by Crippen LogP contribution is 2.43. The van der Waals surface area contributed by atoms with Gasteiger partial charge in [-0.25, -0.2) is 0 Å². The number of aromatic amines is 1. The van der Waals surface area contributed by atoms with Crippen LogP contribution in [0, 0.1) is 0 Å². The van der Waals surface area contributed by atoms with Crippen molar-refractivity contribution in [3.8, 4) is 0 Å². The summed E-state index contributed by atoms with van der Waals surface area (Å²) in [4.78, 5) is 15.7. The van der Waals surface area contributed by atoms with Gasteiger partial charge in [-0.15, -0.1) is 0 Å². The fourth-order valence-corrected chi connectivity index (χ4v) is 3.22. The number of benzene rings is 1. The Hall–Kier alpha value is -1.81. The highest BCUT2D eigenvalue weighted by molar-refractivity contribution is 5.99. The lowest BCUT2D eigenvalue weighted by Gasteiger charge is -2.15. The van der Waals surface area contributed by atoms with Crippen LogP contribution in [0.4, 0.5) is 0 Å². The van der Waals surface area contributed by atoms with Crippen LogP contribution in [0.1, 0.15) is 48.2 Å². The molecule has 4 nitrogen and oxygen atoms in total. The minimum Gasteiger partial charge on any atom is -0.376 e. The number of carbonyl (C=O) groups excluding carboxylic acids is 1. The molecule has 2 aliphatic rings. The molecule has 1 saturated carbocycles. The van der Waals surface area contributed by atoms with Crippen molar-refractivity contribution in [1.82, 2.24) is 10.3 Å². The minimum absolute atomic E-state index is 0.0321. The van der Waals surface area contributed by atoms with Crippen LogP contribution in [0.2, 0.25) is 0 Å². The summed E-state index contributed by atoms with van der Waals surface area (Å²) in [6, 6.07) is 8.41. The van der Waals surface area contributed by atoms with Gasteiger partial charge in [-0.05, 0) is 49.8 Å². The van der Waals surface area contributed by atoms with E-state index in [2.05, 4.69) is 22.4 Å². The first-order valence-electron chi connectivity index (χ1n) is 7.76. The van der Waals surface area contributed by atoms with Gasteiger partial charge in [-0.2, -0.15) is 0 Å². The molecule has 1 aliphatic carbocycles. The second-order valence-corrected chi connectivity index (χ2v) is 6.21. The van der Waals surface area contributed by atoms with Crippen molar-refractivity contribution < 1.29 is 9.53 Å². The van der Waals surface area contributed by atoms with Crippen LogP contribution in [0.25, 0.3) is 10.9 Å². The summed E-state index contributed by atoms with van der Waals surface area (Å²) in [6.45, 7) is 2.74. The van der Waals surface area contributed by atoms with E-state index >= 15 is 0 Å². The summed E-state index contributed by atoms with van der Waals surface area (Å²) < 4.78 is 5.50. The summed E-state index contributed by atoms with van der Waals surface area (Å²) in [5.41, 5.74) is 3.08. The van der Waals surface area contributed by atoms with Gasteiger partial charge in [0.2, 0.25) is 0 Å². The highest BCUT2D eigenvalue weighted by atomic mass is 16.5. The quantitative estimate of drug-likeness (QED) is 0.910. The summed E-state index contributed by atoms with van der Waals surface area (Å²) in [5.74, 6) is 0.652. The first-order valence-corrected chi connectivity index (χ1v) is 7.76. The summed E-state index contributed by atoms with van der Waals surface area (Å²) >= 11 is 0. The zero-order valence-electron chi connectivity index (χ0n) is 12.2. The molecule has 0 bridgehead atoms. The summed E-state index contributed by atoms with van der Waals surface area (Å²) in [7, 11) is 0. The number of H-pyrrole nitrogens is 1. The number of fused-ring (bicyclic) bond motifs is 1. The smallest absolute Gasteiger partial charge is 0.268 e. The fourth-order valence-electron chi connectivity index (χ4n) is 3.22. The molecule has 4 rings (SSSR count). The highest BCUT2D eigenvalue weighted by Gasteiger charge is 2.28. The largest absolute Gasteiger partial charge is 0.376 e. The van der Waals surface area contributed by atoms with Crippen LogP contribution < -0.4 is 5.32 Å². The second-order valence-electron chi connectivity index (χ2n) is 6.21. The molecule has 1 saturated heterocycles. The third kappa shape index (κ3) is 2.33. The van der Waals surface area contributed by atoms with E-state index in [1.54, 1.807) is 0 Å². The topological polar surface area (TPSA) is 54.1 Å². The van der Waals surface area contributed by atoms with Gasteiger partial charge in [-0.1, -0.05) is 12.1 Å². The average molecular weight is 284 g/mol. The Morgan fingerprint density at radius 1 is 1.33 bits per heavy atom. The van der Waals surface area contributed by atoms with Crippen LogP contribution >= 0.6 is 0 Å². The molecule has 2 heterocycles. The zero-order valence-corrected chi connectivity index (χ0v) is 12.2. The number of carbonyl (C=O) groups is 1. The van der Waals surface area contributed by atoms with Crippen molar-refractivity contribution in [1.29, 1.82) is 0 Å². The Balaban J connectivity index is 1.61. The molecule has 0 spiro atoms. The molecule has 1 aromatic carbocycles. The molecule has 2 N–H and O–H groups in total. The summed E-state index contributed by atoms with van der Waals surface area (Å²) in [6.07, 6.45) is 3.52. The molecular weight excluding hydrogens is 264 g/mol. The molecule has 1 aromatic heterocycles. The van der Waals surface area contributed by atoms with Crippen LogP contribution in [0.3, 0.4) is 0 Å². The first-order chi connectivity index (χ1) is 10.2. The third-order valence-electron chi connectivity index (χ3n) is 4.65. The van der Waals surface area contributed by atoms with E-state index in [1.807, 2.05) is 19.1 Å². The van der Waals surface area contributed by atoms with E-state index < -0.39 is 0 Å². The normalized spacial score (nSPS) is 25.4. The zero-order chi connectivity index (χ0) is 14.4. The molecule has 1 amide bonds. The summed E-state index contributed by atoms with van der Waals surface area (Å²) in [5, 5.41) is 4.27. The number of ether oxygens (including phenoxy) is 1. The van der Waals surface area contributed by atoms with Crippen molar-refractivity contribution in [2.75, 3.05) is 6.61 Å². The van der Waals surface area contributed by atoms with Crippen LogP contribution in [0.15, 0.2) is 24.3 Å². The lowest BCUT2D eigenvalue weighted by atomic mass is 10.1. The van der Waals surface area contributed by atoms with E-state index in [4.69, 9.17) is 4.74 Å². The van der Waals surface area contributed by atoms with Crippen molar-refractivity contribution in [2.24, 2.45) is 0 Å².